The van der Waals surface area contributed by atoms with Gasteiger partial charge in [-0.3, -0.25) is 5.32 Å². The van der Waals surface area contributed by atoms with Crippen LogP contribution in [0.5, 0.6) is 11.6 Å². The van der Waals surface area contributed by atoms with Gasteiger partial charge in [0.1, 0.15) is 11.6 Å². The standard InChI is InChI=1S/C35H31ClIN7O2/c1-3-8-27(37)30-21-32(44(43-30)23-15-13-22(2)14-16-23)41-35(45)40-28-17-18-31(25-10-5-4-9-24(25)28)46-33-19-20-38-34(42-33)39-29-12-7-6-11-26(29)36/h4-7,9-21,27H,3,8H2,1-2H3,(H,38,39,42)(H2,40,41,45). The number of aromatic nitrogens is 4. The van der Waals surface area contributed by atoms with Gasteiger partial charge in [-0.25, -0.2) is 14.5 Å². The number of nitrogens with one attached hydrogen (secondary N) is 3. The number of hydrogen-bond acceptors (Lipinski definition) is 6. The number of benzene rings is 4. The lowest BCUT2D eigenvalue weighted by atomic mass is 10.1. The third-order valence-electron chi connectivity index (χ3n) is 7.21. The quantitative estimate of drug-likeness (QED) is 0.0953. The number of carbonyl (C=O) groups is 1. The Balaban J connectivity index is 1.23. The van der Waals surface area contributed by atoms with E-state index in [4.69, 9.17) is 21.4 Å². The fourth-order valence-corrected chi connectivity index (χ4v) is 6.03. The number of para-hydroxylation sites is 1. The summed E-state index contributed by atoms with van der Waals surface area (Å²) in [5.41, 5.74) is 4.25. The van der Waals surface area contributed by atoms with E-state index in [1.807, 2.05) is 85.8 Å². The first-order valence-corrected chi connectivity index (χ1v) is 16.4. The molecule has 0 bridgehead atoms. The molecule has 4 aromatic carbocycles. The van der Waals surface area contributed by atoms with Crippen molar-refractivity contribution in [1.29, 1.82) is 0 Å². The van der Waals surface area contributed by atoms with E-state index in [9.17, 15) is 4.79 Å². The second-order valence-corrected chi connectivity index (χ2v) is 12.5. The summed E-state index contributed by atoms with van der Waals surface area (Å²) in [6.07, 6.45) is 3.64. The number of nitrogens with zero attached hydrogens (tertiary/aromatic N) is 4. The molecule has 0 saturated heterocycles. The van der Waals surface area contributed by atoms with Crippen LogP contribution in [0.15, 0.2) is 103 Å². The van der Waals surface area contributed by atoms with Crippen molar-refractivity contribution in [2.45, 2.75) is 30.6 Å². The lowest BCUT2D eigenvalue weighted by Crippen LogP contribution is -2.21. The van der Waals surface area contributed by atoms with E-state index in [0.29, 0.717) is 39.8 Å². The van der Waals surface area contributed by atoms with Crippen molar-refractivity contribution in [3.8, 4) is 17.3 Å². The number of ether oxygens (including phenoxy) is 1. The number of anilines is 4. The number of aryl methyl sites for hydroxylation is 1. The van der Waals surface area contributed by atoms with Gasteiger partial charge in [0, 0.05) is 29.1 Å². The molecule has 11 heteroatoms. The Morgan fingerprint density at radius 3 is 2.48 bits per heavy atom. The Kier molecular flexibility index (Phi) is 9.65. The zero-order valence-electron chi connectivity index (χ0n) is 25.2. The van der Waals surface area contributed by atoms with Crippen molar-refractivity contribution in [3.05, 3.63) is 120 Å². The van der Waals surface area contributed by atoms with Crippen LogP contribution in [0.25, 0.3) is 16.5 Å². The van der Waals surface area contributed by atoms with E-state index < -0.39 is 0 Å². The van der Waals surface area contributed by atoms with E-state index >= 15 is 0 Å². The molecule has 2 amide bonds. The smallest absolute Gasteiger partial charge is 0.324 e. The highest BCUT2D eigenvalue weighted by atomic mass is 127. The van der Waals surface area contributed by atoms with Crippen molar-refractivity contribution in [2.75, 3.05) is 16.0 Å². The van der Waals surface area contributed by atoms with Crippen LogP contribution in [0.3, 0.4) is 0 Å². The number of fused-ring (bicyclic) bond motifs is 1. The SMILES string of the molecule is CCCC(I)c1cc(NC(=O)Nc2ccc(Oc3ccnc(Nc4ccccc4Cl)n3)c3ccccc23)n(-c2ccc(C)cc2)n1. The Labute approximate surface area is 285 Å². The number of urea groups is 1. The maximum atomic E-state index is 13.4. The van der Waals surface area contributed by atoms with Crippen LogP contribution in [0.2, 0.25) is 5.02 Å². The topological polar surface area (TPSA) is 106 Å². The third kappa shape index (κ3) is 7.24. The van der Waals surface area contributed by atoms with Crippen molar-refractivity contribution in [1.82, 2.24) is 19.7 Å². The normalized spacial score (nSPS) is 11.7. The Morgan fingerprint density at radius 1 is 0.935 bits per heavy atom. The van der Waals surface area contributed by atoms with E-state index in [2.05, 4.69) is 55.4 Å². The highest BCUT2D eigenvalue weighted by Gasteiger charge is 2.18. The number of carbonyl (C=O) groups excluding carboxylic acids is 1. The van der Waals surface area contributed by atoms with Gasteiger partial charge in [-0.05, 0) is 49.7 Å². The van der Waals surface area contributed by atoms with Crippen LogP contribution in [0, 0.1) is 6.92 Å². The molecular weight excluding hydrogens is 713 g/mol. The molecule has 0 aliphatic rings. The summed E-state index contributed by atoms with van der Waals surface area (Å²) in [6, 6.07) is 30.0. The van der Waals surface area contributed by atoms with Crippen LogP contribution in [0.4, 0.5) is 27.9 Å². The molecule has 9 nitrogen and oxygen atoms in total. The van der Waals surface area contributed by atoms with Crippen molar-refractivity contribution < 1.29 is 9.53 Å². The van der Waals surface area contributed by atoms with Crippen LogP contribution >= 0.6 is 34.2 Å². The first kappa shape index (κ1) is 31.3. The van der Waals surface area contributed by atoms with Gasteiger partial charge in [0.25, 0.3) is 0 Å². The lowest BCUT2D eigenvalue weighted by Gasteiger charge is -2.14. The number of amides is 2. The van der Waals surface area contributed by atoms with E-state index in [1.165, 1.54) is 0 Å². The van der Waals surface area contributed by atoms with Crippen molar-refractivity contribution in [3.63, 3.8) is 0 Å². The van der Waals surface area contributed by atoms with Crippen molar-refractivity contribution in [2.24, 2.45) is 0 Å². The average Bonchev–Trinajstić information content (AvgIpc) is 3.47. The first-order chi connectivity index (χ1) is 22.4. The summed E-state index contributed by atoms with van der Waals surface area (Å²) >= 11 is 8.69. The summed E-state index contributed by atoms with van der Waals surface area (Å²) in [6.45, 7) is 4.19. The monoisotopic (exact) mass is 743 g/mol. The highest BCUT2D eigenvalue weighted by molar-refractivity contribution is 14.1. The van der Waals surface area contributed by atoms with Gasteiger partial charge in [-0.15, -0.1) is 0 Å². The maximum absolute atomic E-state index is 13.4. The lowest BCUT2D eigenvalue weighted by molar-refractivity contribution is 0.262. The molecule has 6 aromatic rings. The molecule has 46 heavy (non-hydrogen) atoms. The molecule has 0 radical (unpaired) electrons. The van der Waals surface area contributed by atoms with Gasteiger partial charge in [0.2, 0.25) is 11.8 Å². The van der Waals surface area contributed by atoms with Crippen LogP contribution < -0.4 is 20.7 Å². The molecule has 0 saturated carbocycles. The highest BCUT2D eigenvalue weighted by Crippen LogP contribution is 2.35. The summed E-state index contributed by atoms with van der Waals surface area (Å²) in [4.78, 5) is 22.2. The average molecular weight is 744 g/mol. The van der Waals surface area contributed by atoms with Crippen LogP contribution in [-0.2, 0) is 0 Å². The van der Waals surface area contributed by atoms with Gasteiger partial charge in [-0.2, -0.15) is 10.1 Å². The van der Waals surface area contributed by atoms with Crippen molar-refractivity contribution >= 4 is 74.1 Å². The predicted molar refractivity (Wildman–Crippen MR) is 193 cm³/mol. The molecule has 3 N–H and O–H groups in total. The molecule has 232 valence electrons. The molecule has 6 rings (SSSR count). The Morgan fingerprint density at radius 2 is 1.70 bits per heavy atom. The van der Waals surface area contributed by atoms with Gasteiger partial charge >= 0.3 is 6.03 Å². The second kappa shape index (κ2) is 14.2. The molecule has 0 aliphatic heterocycles. The number of halogens is 2. The third-order valence-corrected chi connectivity index (χ3v) is 8.80. The molecule has 2 aromatic heterocycles. The Bertz CT molecular complexity index is 2000. The molecule has 1 unspecified atom stereocenters. The fourth-order valence-electron chi connectivity index (χ4n) is 4.92. The van der Waals surface area contributed by atoms with E-state index in [1.54, 1.807) is 29.1 Å². The minimum absolute atomic E-state index is 0.229. The summed E-state index contributed by atoms with van der Waals surface area (Å²) in [7, 11) is 0. The van der Waals surface area contributed by atoms with Crippen LogP contribution in [0.1, 0.15) is 34.9 Å². The zero-order valence-corrected chi connectivity index (χ0v) is 28.1. The Hall–Kier alpha value is -4.68. The number of rotatable bonds is 10. The number of hydrogen-bond donors (Lipinski definition) is 3. The van der Waals surface area contributed by atoms with Gasteiger partial charge in [-0.1, -0.05) is 102 Å². The molecular formula is C35H31ClIN7O2. The second-order valence-electron chi connectivity index (χ2n) is 10.6. The van der Waals surface area contributed by atoms with Gasteiger partial charge < -0.3 is 15.4 Å². The number of alkyl halides is 1. The minimum Gasteiger partial charge on any atom is -0.438 e. The summed E-state index contributed by atoms with van der Waals surface area (Å²) < 4.78 is 8.22. The van der Waals surface area contributed by atoms with Gasteiger partial charge in [0.05, 0.1) is 31.7 Å². The minimum atomic E-state index is -0.384. The molecule has 2 heterocycles. The van der Waals surface area contributed by atoms with E-state index in [0.717, 1.165) is 40.6 Å². The largest absolute Gasteiger partial charge is 0.438 e. The zero-order chi connectivity index (χ0) is 32.0. The first-order valence-electron chi connectivity index (χ1n) is 14.8. The fraction of sp³-hybridized carbons (Fsp3) is 0.143. The predicted octanol–water partition coefficient (Wildman–Crippen LogP) is 10.2. The summed E-state index contributed by atoms with van der Waals surface area (Å²) in [5.74, 6) is 1.87. The summed E-state index contributed by atoms with van der Waals surface area (Å²) in [5, 5.41) is 16.2. The molecule has 0 fully saturated rings. The maximum Gasteiger partial charge on any atom is 0.324 e. The van der Waals surface area contributed by atoms with E-state index in [-0.39, 0.29) is 9.96 Å². The van der Waals surface area contributed by atoms with Crippen LogP contribution in [-0.4, -0.2) is 25.8 Å². The molecule has 0 aliphatic carbocycles. The van der Waals surface area contributed by atoms with Gasteiger partial charge in [0.15, 0.2) is 0 Å². The molecule has 1 atom stereocenters. The molecule has 0 spiro atoms.